The lowest BCUT2D eigenvalue weighted by molar-refractivity contribution is -0.140. The fourth-order valence-corrected chi connectivity index (χ4v) is 4.93. The van der Waals surface area contributed by atoms with Gasteiger partial charge in [-0.05, 0) is 68.7 Å². The molecule has 0 saturated carbocycles. The molecular weight excluding hydrogens is 506 g/mol. The van der Waals surface area contributed by atoms with Crippen LogP contribution in [-0.4, -0.2) is 64.2 Å². The number of hydrogen-bond acceptors (Lipinski definition) is 6. The number of methoxy groups -OCH3 is 1. The zero-order valence-corrected chi connectivity index (χ0v) is 23.9. The molecular formula is C28H41N3O6S. The van der Waals surface area contributed by atoms with E-state index in [0.717, 1.165) is 24.7 Å². The molecule has 9 nitrogen and oxygen atoms in total. The van der Waals surface area contributed by atoms with Gasteiger partial charge in [0.25, 0.3) is 0 Å². The van der Waals surface area contributed by atoms with Crippen molar-refractivity contribution in [3.8, 4) is 11.5 Å². The van der Waals surface area contributed by atoms with Gasteiger partial charge in [0.05, 0.1) is 25.7 Å². The van der Waals surface area contributed by atoms with Gasteiger partial charge in [-0.2, -0.15) is 0 Å². The van der Waals surface area contributed by atoms with Gasteiger partial charge in [0.15, 0.2) is 0 Å². The fourth-order valence-electron chi connectivity index (χ4n) is 3.97. The van der Waals surface area contributed by atoms with Crippen molar-refractivity contribution < 1.29 is 27.5 Å². The summed E-state index contributed by atoms with van der Waals surface area (Å²) in [5.41, 5.74) is 1.33. The molecule has 0 bridgehead atoms. The molecule has 0 aliphatic carbocycles. The van der Waals surface area contributed by atoms with Gasteiger partial charge in [-0.15, -0.1) is 0 Å². The fraction of sp³-hybridized carbons (Fsp3) is 0.500. The highest BCUT2D eigenvalue weighted by Gasteiger charge is 2.26. The highest BCUT2D eigenvalue weighted by Crippen LogP contribution is 2.23. The summed E-state index contributed by atoms with van der Waals surface area (Å²) in [4.78, 5) is 27.8. The number of carbonyl (C=O) groups excluding carboxylic acids is 2. The summed E-state index contributed by atoms with van der Waals surface area (Å²) in [6, 6.07) is 13.5. The molecule has 2 amide bonds. The van der Waals surface area contributed by atoms with Crippen molar-refractivity contribution in [2.24, 2.45) is 0 Å². The molecule has 0 aliphatic rings. The third-order valence-corrected chi connectivity index (χ3v) is 7.27. The van der Waals surface area contributed by atoms with Crippen molar-refractivity contribution >= 4 is 27.5 Å². The van der Waals surface area contributed by atoms with Crippen LogP contribution in [0.5, 0.6) is 11.5 Å². The van der Waals surface area contributed by atoms with E-state index in [1.807, 2.05) is 38.1 Å². The number of sulfonamides is 1. The third kappa shape index (κ3) is 9.55. The summed E-state index contributed by atoms with van der Waals surface area (Å²) < 4.78 is 37.0. The number of ether oxygens (including phenoxy) is 2. The molecule has 0 spiro atoms. The molecule has 2 aromatic carbocycles. The van der Waals surface area contributed by atoms with Crippen molar-refractivity contribution in [2.75, 3.05) is 37.4 Å². The van der Waals surface area contributed by atoms with E-state index in [9.17, 15) is 18.0 Å². The zero-order chi connectivity index (χ0) is 28.1. The number of amides is 2. The number of rotatable bonds is 16. The standard InChI is InChI=1S/C28H41N3O6S/c1-6-8-18-29-28(33)22(3)30(21-23-11-9-12-26(20-23)36-4)27(32)13-10-19-31(38(5,34)35)24-14-16-25(17-15-24)37-7-2/h9,11-12,14-17,20,22H,6-8,10,13,18-19,21H2,1-5H3,(H,29,33)/t22-/m1/s1. The highest BCUT2D eigenvalue weighted by molar-refractivity contribution is 7.92. The second kappa shape index (κ2) is 15.2. The second-order valence-electron chi connectivity index (χ2n) is 9.06. The molecule has 0 radical (unpaired) electrons. The van der Waals surface area contributed by atoms with Gasteiger partial charge in [-0.25, -0.2) is 8.42 Å². The predicted molar refractivity (Wildman–Crippen MR) is 150 cm³/mol. The Balaban J connectivity index is 2.15. The van der Waals surface area contributed by atoms with Crippen LogP contribution in [0.25, 0.3) is 0 Å². The Hall–Kier alpha value is -3.27. The van der Waals surface area contributed by atoms with Gasteiger partial charge in [-0.3, -0.25) is 13.9 Å². The summed E-state index contributed by atoms with van der Waals surface area (Å²) in [7, 11) is -2.00. The molecule has 0 aromatic heterocycles. The first-order valence-electron chi connectivity index (χ1n) is 13.0. The molecule has 0 fully saturated rings. The Labute approximate surface area is 227 Å². The number of nitrogens with zero attached hydrogens (tertiary/aromatic N) is 2. The Bertz CT molecular complexity index is 1140. The SMILES string of the molecule is CCCCNC(=O)[C@@H](C)N(Cc1cccc(OC)c1)C(=O)CCCN(c1ccc(OCC)cc1)S(C)(=O)=O. The summed E-state index contributed by atoms with van der Waals surface area (Å²) in [6.07, 6.45) is 3.32. The summed E-state index contributed by atoms with van der Waals surface area (Å²) in [5.74, 6) is 0.862. The number of anilines is 1. The normalized spacial score (nSPS) is 11.9. The van der Waals surface area contributed by atoms with Crippen molar-refractivity contribution in [3.63, 3.8) is 0 Å². The smallest absolute Gasteiger partial charge is 0.242 e. The van der Waals surface area contributed by atoms with E-state index in [2.05, 4.69) is 5.32 Å². The second-order valence-corrected chi connectivity index (χ2v) is 11.0. The van der Waals surface area contributed by atoms with E-state index in [1.54, 1.807) is 38.3 Å². The maximum atomic E-state index is 13.4. The lowest BCUT2D eigenvalue weighted by Gasteiger charge is -2.29. The molecule has 0 saturated heterocycles. The molecule has 0 unspecified atom stereocenters. The summed E-state index contributed by atoms with van der Waals surface area (Å²) in [6.45, 7) is 7.05. The van der Waals surface area contributed by atoms with E-state index < -0.39 is 16.1 Å². The highest BCUT2D eigenvalue weighted by atomic mass is 32.2. The van der Waals surface area contributed by atoms with Crippen LogP contribution in [0.15, 0.2) is 48.5 Å². The largest absolute Gasteiger partial charge is 0.497 e. The quantitative estimate of drug-likeness (QED) is 0.319. The van der Waals surface area contributed by atoms with Crippen molar-refractivity contribution in [2.45, 2.75) is 59.0 Å². The number of nitrogens with one attached hydrogen (secondary N) is 1. The number of unbranched alkanes of at least 4 members (excludes halogenated alkanes) is 1. The number of hydrogen-bond donors (Lipinski definition) is 1. The Morgan fingerprint density at radius 1 is 1.03 bits per heavy atom. The van der Waals surface area contributed by atoms with E-state index in [0.29, 0.717) is 30.3 Å². The van der Waals surface area contributed by atoms with Crippen molar-refractivity contribution in [3.05, 3.63) is 54.1 Å². The van der Waals surface area contributed by atoms with Gasteiger partial charge in [0, 0.05) is 26.1 Å². The first-order valence-corrected chi connectivity index (χ1v) is 14.9. The van der Waals surface area contributed by atoms with Crippen LogP contribution in [0.3, 0.4) is 0 Å². The topological polar surface area (TPSA) is 105 Å². The minimum absolute atomic E-state index is 0.0829. The van der Waals surface area contributed by atoms with Crippen LogP contribution < -0.4 is 19.1 Å². The lowest BCUT2D eigenvalue weighted by atomic mass is 10.1. The van der Waals surface area contributed by atoms with Gasteiger partial charge in [-0.1, -0.05) is 25.5 Å². The van der Waals surface area contributed by atoms with Crippen LogP contribution in [-0.2, 0) is 26.2 Å². The van der Waals surface area contributed by atoms with Crippen LogP contribution in [0.2, 0.25) is 0 Å². The van der Waals surface area contributed by atoms with Gasteiger partial charge >= 0.3 is 0 Å². The third-order valence-electron chi connectivity index (χ3n) is 6.07. The average molecular weight is 548 g/mol. The first kappa shape index (κ1) is 31.0. The van der Waals surface area contributed by atoms with Crippen LogP contribution in [0.4, 0.5) is 5.69 Å². The number of carbonyl (C=O) groups is 2. The summed E-state index contributed by atoms with van der Waals surface area (Å²) in [5, 5.41) is 2.90. The van der Waals surface area contributed by atoms with Crippen LogP contribution >= 0.6 is 0 Å². The molecule has 1 N–H and O–H groups in total. The average Bonchev–Trinajstić information content (AvgIpc) is 2.89. The molecule has 10 heteroatoms. The Morgan fingerprint density at radius 2 is 1.74 bits per heavy atom. The van der Waals surface area contributed by atoms with Crippen molar-refractivity contribution in [1.82, 2.24) is 10.2 Å². The maximum Gasteiger partial charge on any atom is 0.242 e. The molecule has 0 heterocycles. The van der Waals surface area contributed by atoms with E-state index in [4.69, 9.17) is 9.47 Å². The maximum absolute atomic E-state index is 13.4. The summed E-state index contributed by atoms with van der Waals surface area (Å²) >= 11 is 0. The number of benzene rings is 2. The van der Waals surface area contributed by atoms with Crippen LogP contribution in [0.1, 0.15) is 52.0 Å². The van der Waals surface area contributed by atoms with Crippen molar-refractivity contribution in [1.29, 1.82) is 0 Å². The van der Waals surface area contributed by atoms with E-state index in [1.165, 1.54) is 9.21 Å². The molecule has 1 atom stereocenters. The minimum atomic E-state index is -3.57. The van der Waals surface area contributed by atoms with Crippen LogP contribution in [0, 0.1) is 0 Å². The Morgan fingerprint density at radius 3 is 2.34 bits per heavy atom. The first-order chi connectivity index (χ1) is 18.1. The molecule has 38 heavy (non-hydrogen) atoms. The van der Waals surface area contributed by atoms with E-state index in [-0.39, 0.29) is 37.7 Å². The molecule has 0 aliphatic heterocycles. The molecule has 2 rings (SSSR count). The Kier molecular flexibility index (Phi) is 12.4. The predicted octanol–water partition coefficient (Wildman–Crippen LogP) is 3.97. The minimum Gasteiger partial charge on any atom is -0.497 e. The van der Waals surface area contributed by atoms with Gasteiger partial charge in [0.2, 0.25) is 21.8 Å². The van der Waals surface area contributed by atoms with Gasteiger partial charge < -0.3 is 19.7 Å². The molecule has 210 valence electrons. The zero-order valence-electron chi connectivity index (χ0n) is 23.1. The van der Waals surface area contributed by atoms with Gasteiger partial charge in [0.1, 0.15) is 17.5 Å². The molecule has 2 aromatic rings. The lowest BCUT2D eigenvalue weighted by Crippen LogP contribution is -2.48. The van der Waals surface area contributed by atoms with E-state index >= 15 is 0 Å². The monoisotopic (exact) mass is 547 g/mol.